The number of amides is 1. The maximum atomic E-state index is 13.7. The van der Waals surface area contributed by atoms with Crippen LogP contribution in [0.1, 0.15) is 20.9 Å². The number of alkyl halides is 6. The van der Waals surface area contributed by atoms with E-state index in [9.17, 15) is 35.5 Å². The smallest absolute Gasteiger partial charge is 0.496 e. The molecule has 176 valence electrons. The van der Waals surface area contributed by atoms with Crippen molar-refractivity contribution in [2.45, 2.75) is 19.1 Å². The molecule has 3 aromatic rings. The number of thiazole rings is 1. The number of hydrogen-bond donors (Lipinski definition) is 1. The third-order valence-electron chi connectivity index (χ3n) is 4.08. The third-order valence-corrected chi connectivity index (χ3v) is 5.17. The third kappa shape index (κ3) is 6.12. The summed E-state index contributed by atoms with van der Waals surface area (Å²) in [4.78, 5) is 15.2. The maximum Gasteiger partial charge on any atom is 0.573 e. The van der Waals surface area contributed by atoms with Crippen LogP contribution in [0.3, 0.4) is 0 Å². The highest BCUT2D eigenvalue weighted by atomic mass is 32.1. The van der Waals surface area contributed by atoms with Crippen molar-refractivity contribution in [1.82, 2.24) is 10.3 Å². The molecule has 0 aliphatic heterocycles. The Kier molecular flexibility index (Phi) is 6.81. The Labute approximate surface area is 185 Å². The molecule has 0 fully saturated rings. The zero-order chi connectivity index (χ0) is 24.4. The fourth-order valence-electron chi connectivity index (χ4n) is 2.74. The molecule has 0 saturated carbocycles. The molecule has 3 rings (SSSR count). The zero-order valence-corrected chi connectivity index (χ0v) is 17.3. The van der Waals surface area contributed by atoms with E-state index < -0.39 is 40.6 Å². The molecule has 0 atom stereocenters. The van der Waals surface area contributed by atoms with E-state index >= 15 is 0 Å². The number of nitrogens with one attached hydrogen (secondary N) is 1. The second-order valence-electron chi connectivity index (χ2n) is 6.42. The molecule has 0 aliphatic rings. The monoisotopic (exact) mass is 494 g/mol. The average molecular weight is 494 g/mol. The Bertz CT molecular complexity index is 1160. The summed E-state index contributed by atoms with van der Waals surface area (Å²) in [6, 6.07) is 7.76. The number of ether oxygens (including phenoxy) is 2. The van der Waals surface area contributed by atoms with Crippen molar-refractivity contribution in [3.05, 3.63) is 64.4 Å². The van der Waals surface area contributed by atoms with Gasteiger partial charge in [-0.3, -0.25) is 4.79 Å². The van der Waals surface area contributed by atoms with Gasteiger partial charge in [0.15, 0.2) is 5.69 Å². The van der Waals surface area contributed by atoms with Gasteiger partial charge in [-0.1, -0.05) is 12.1 Å². The molecule has 0 aliphatic carbocycles. The van der Waals surface area contributed by atoms with E-state index in [1.807, 2.05) is 0 Å². The van der Waals surface area contributed by atoms with Gasteiger partial charge >= 0.3 is 12.5 Å². The normalized spacial score (nSPS) is 11.9. The van der Waals surface area contributed by atoms with E-state index in [1.165, 1.54) is 25.3 Å². The second-order valence-corrected chi connectivity index (χ2v) is 7.42. The standard InChI is InChI=1S/C20H13F7N2O3S/c1-31-14-6-5-11(21)8-13(14)18-29-16(19(22,23)24)15(33-18)17(30)28-9-10-3-2-4-12(7-10)32-20(25,26)27/h2-8H,9H2,1H3,(H,28,30). The summed E-state index contributed by atoms with van der Waals surface area (Å²) >= 11 is 0.369. The van der Waals surface area contributed by atoms with Crippen molar-refractivity contribution in [1.29, 1.82) is 0 Å². The highest BCUT2D eigenvalue weighted by molar-refractivity contribution is 7.17. The van der Waals surface area contributed by atoms with Gasteiger partial charge in [-0.05, 0) is 35.9 Å². The summed E-state index contributed by atoms with van der Waals surface area (Å²) in [6.07, 6.45) is -9.93. The lowest BCUT2D eigenvalue weighted by atomic mass is 10.2. The van der Waals surface area contributed by atoms with Crippen molar-refractivity contribution < 1.29 is 45.0 Å². The number of rotatable bonds is 6. The lowest BCUT2D eigenvalue weighted by Gasteiger charge is -2.11. The van der Waals surface area contributed by atoms with E-state index in [4.69, 9.17) is 4.74 Å². The number of methoxy groups -OCH3 is 1. The first-order valence-corrected chi connectivity index (χ1v) is 9.74. The molecule has 0 bridgehead atoms. The number of halogens is 7. The van der Waals surface area contributed by atoms with Gasteiger partial charge in [0.1, 0.15) is 27.2 Å². The van der Waals surface area contributed by atoms with Gasteiger partial charge in [-0.25, -0.2) is 9.37 Å². The molecule has 0 saturated heterocycles. The quantitative estimate of drug-likeness (QED) is 0.440. The van der Waals surface area contributed by atoms with Crippen LogP contribution >= 0.6 is 11.3 Å². The van der Waals surface area contributed by atoms with E-state index in [0.29, 0.717) is 11.3 Å². The fourth-order valence-corrected chi connectivity index (χ4v) is 3.77. The summed E-state index contributed by atoms with van der Waals surface area (Å²) in [7, 11) is 1.24. The van der Waals surface area contributed by atoms with Crippen LogP contribution in [-0.2, 0) is 12.7 Å². The van der Waals surface area contributed by atoms with Crippen LogP contribution in [0.25, 0.3) is 10.6 Å². The molecule has 0 spiro atoms. The van der Waals surface area contributed by atoms with Crippen molar-refractivity contribution in [2.75, 3.05) is 7.11 Å². The second kappa shape index (κ2) is 9.25. The Hall–Kier alpha value is -3.35. The van der Waals surface area contributed by atoms with Crippen LogP contribution in [0.15, 0.2) is 42.5 Å². The molecule has 1 N–H and O–H groups in total. The average Bonchev–Trinajstić information content (AvgIpc) is 3.17. The summed E-state index contributed by atoms with van der Waals surface area (Å²) < 4.78 is 100. The number of aromatic nitrogens is 1. The Morgan fingerprint density at radius 2 is 1.82 bits per heavy atom. The van der Waals surface area contributed by atoms with Gasteiger partial charge in [-0.15, -0.1) is 24.5 Å². The summed E-state index contributed by atoms with van der Waals surface area (Å²) in [5.74, 6) is -2.42. The lowest BCUT2D eigenvalue weighted by molar-refractivity contribution is -0.274. The molecule has 13 heteroatoms. The first-order chi connectivity index (χ1) is 15.4. The van der Waals surface area contributed by atoms with E-state index in [0.717, 1.165) is 24.3 Å². The molecule has 1 amide bonds. The van der Waals surface area contributed by atoms with Gasteiger partial charge in [-0.2, -0.15) is 13.2 Å². The summed E-state index contributed by atoms with van der Waals surface area (Å²) in [5, 5.41) is 1.91. The van der Waals surface area contributed by atoms with Crippen LogP contribution in [0.5, 0.6) is 11.5 Å². The predicted molar refractivity (Wildman–Crippen MR) is 103 cm³/mol. The van der Waals surface area contributed by atoms with Crippen LogP contribution < -0.4 is 14.8 Å². The van der Waals surface area contributed by atoms with Gasteiger partial charge in [0.25, 0.3) is 5.91 Å². The van der Waals surface area contributed by atoms with Gasteiger partial charge in [0.2, 0.25) is 0 Å². The SMILES string of the molecule is COc1ccc(F)cc1-c1nc(C(F)(F)F)c(C(=O)NCc2cccc(OC(F)(F)F)c2)s1. The number of carbonyl (C=O) groups excluding carboxylic acids is 1. The number of hydrogen-bond acceptors (Lipinski definition) is 5. The maximum absolute atomic E-state index is 13.7. The number of nitrogens with zero attached hydrogens (tertiary/aromatic N) is 1. The van der Waals surface area contributed by atoms with Gasteiger partial charge < -0.3 is 14.8 Å². The first-order valence-electron chi connectivity index (χ1n) is 8.92. The topological polar surface area (TPSA) is 60.5 Å². The molecule has 33 heavy (non-hydrogen) atoms. The molecule has 0 unspecified atom stereocenters. The van der Waals surface area contributed by atoms with E-state index in [1.54, 1.807) is 0 Å². The highest BCUT2D eigenvalue weighted by Crippen LogP contribution is 2.40. The van der Waals surface area contributed by atoms with Crippen LogP contribution in [-0.4, -0.2) is 24.4 Å². The minimum atomic E-state index is -5.00. The Morgan fingerprint density at radius 1 is 1.09 bits per heavy atom. The molecule has 1 heterocycles. The molecule has 5 nitrogen and oxygen atoms in total. The Balaban J connectivity index is 1.88. The molecule has 1 aromatic heterocycles. The fraction of sp³-hybridized carbons (Fsp3) is 0.200. The molecular formula is C20H13F7N2O3S. The molecule has 2 aromatic carbocycles. The van der Waals surface area contributed by atoms with Gasteiger partial charge in [0.05, 0.1) is 12.7 Å². The van der Waals surface area contributed by atoms with E-state index in [2.05, 4.69) is 15.0 Å². The van der Waals surface area contributed by atoms with Crippen LogP contribution in [0.2, 0.25) is 0 Å². The molecular weight excluding hydrogens is 481 g/mol. The zero-order valence-electron chi connectivity index (χ0n) is 16.5. The molecule has 0 radical (unpaired) electrons. The van der Waals surface area contributed by atoms with Crippen LogP contribution in [0.4, 0.5) is 30.7 Å². The van der Waals surface area contributed by atoms with Crippen molar-refractivity contribution in [3.63, 3.8) is 0 Å². The van der Waals surface area contributed by atoms with E-state index in [-0.39, 0.29) is 28.4 Å². The summed E-state index contributed by atoms with van der Waals surface area (Å²) in [5.41, 5.74) is -1.42. The first kappa shape index (κ1) is 24.3. The minimum Gasteiger partial charge on any atom is -0.496 e. The summed E-state index contributed by atoms with van der Waals surface area (Å²) in [6.45, 7) is -0.387. The largest absolute Gasteiger partial charge is 0.573 e. The lowest BCUT2D eigenvalue weighted by Crippen LogP contribution is -2.25. The van der Waals surface area contributed by atoms with Gasteiger partial charge in [0, 0.05) is 6.54 Å². The van der Waals surface area contributed by atoms with Crippen LogP contribution in [0, 0.1) is 5.82 Å². The minimum absolute atomic E-state index is 0.0484. The number of benzene rings is 2. The predicted octanol–water partition coefficient (Wildman–Crippen LogP) is 5.81. The van der Waals surface area contributed by atoms with Crippen molar-refractivity contribution in [2.24, 2.45) is 0 Å². The Morgan fingerprint density at radius 3 is 2.45 bits per heavy atom. The van der Waals surface area contributed by atoms with Crippen molar-refractivity contribution >= 4 is 17.2 Å². The van der Waals surface area contributed by atoms with Crippen molar-refractivity contribution in [3.8, 4) is 22.1 Å². The highest BCUT2D eigenvalue weighted by Gasteiger charge is 2.40. The number of carbonyl (C=O) groups is 1.